The van der Waals surface area contributed by atoms with Crippen LogP contribution in [0.5, 0.6) is 0 Å². The average molecular weight is 402 g/mol. The largest absolute Gasteiger partial charge is 0.338 e. The number of nitrogens with one attached hydrogen (secondary N) is 1. The first-order valence-corrected chi connectivity index (χ1v) is 10.6. The van der Waals surface area contributed by atoms with E-state index >= 15 is 0 Å². The molecule has 0 atom stereocenters. The van der Waals surface area contributed by atoms with Gasteiger partial charge in [0.15, 0.2) is 6.67 Å². The zero-order valence-corrected chi connectivity index (χ0v) is 17.0. The lowest BCUT2D eigenvalue weighted by atomic mass is 9.98. The van der Waals surface area contributed by atoms with Gasteiger partial charge in [-0.05, 0) is 18.1 Å². The van der Waals surface area contributed by atoms with Gasteiger partial charge in [0.2, 0.25) is 0 Å². The molecule has 0 unspecified atom stereocenters. The fourth-order valence-corrected chi connectivity index (χ4v) is 5.07. The number of carbonyl (C=O) groups is 3. The van der Waals surface area contributed by atoms with Crippen LogP contribution >= 0.6 is 11.3 Å². The zero-order valence-electron chi connectivity index (χ0n) is 16.2. The lowest BCUT2D eigenvalue weighted by Gasteiger charge is -2.30. The molecular weight excluding hydrogens is 376 g/mol. The predicted molar refractivity (Wildman–Crippen MR) is 106 cm³/mol. The standard InChI is InChI=1S/C20H24N4O3S/c1-13(2)11-23-18(25)19(26)24(20(23)27)12-22-9-7-14(8-10-22)17-21-15-5-3-4-6-16(15)28-17/h3-6,13-14H,7-12H2,1-2H3/p+1. The molecule has 1 N–H and O–H groups in total. The van der Waals surface area contributed by atoms with Crippen LogP contribution in [-0.2, 0) is 9.59 Å². The average Bonchev–Trinajstić information content (AvgIpc) is 3.20. The Bertz CT molecular complexity index is 884. The normalized spacial score (nSPS) is 23.5. The minimum absolute atomic E-state index is 0.137. The summed E-state index contributed by atoms with van der Waals surface area (Å²) in [5, 5.41) is 1.17. The highest BCUT2D eigenvalue weighted by molar-refractivity contribution is 7.18. The minimum Gasteiger partial charge on any atom is -0.317 e. The van der Waals surface area contributed by atoms with E-state index in [9.17, 15) is 14.4 Å². The second kappa shape index (κ2) is 7.60. The molecular formula is C20H25N4O3S+. The molecule has 28 heavy (non-hydrogen) atoms. The summed E-state index contributed by atoms with van der Waals surface area (Å²) in [6, 6.07) is 7.71. The molecule has 0 spiro atoms. The summed E-state index contributed by atoms with van der Waals surface area (Å²) >= 11 is 1.75. The second-order valence-electron chi connectivity index (χ2n) is 8.03. The van der Waals surface area contributed by atoms with Crippen LogP contribution in [0.1, 0.15) is 37.6 Å². The van der Waals surface area contributed by atoms with E-state index in [0.717, 1.165) is 41.2 Å². The number of para-hydroxylation sites is 1. The highest BCUT2D eigenvalue weighted by atomic mass is 32.1. The van der Waals surface area contributed by atoms with E-state index < -0.39 is 17.8 Å². The van der Waals surface area contributed by atoms with Crippen molar-refractivity contribution < 1.29 is 19.3 Å². The van der Waals surface area contributed by atoms with Crippen LogP contribution in [0.3, 0.4) is 0 Å². The van der Waals surface area contributed by atoms with E-state index in [1.807, 2.05) is 32.0 Å². The Kier molecular flexibility index (Phi) is 5.16. The lowest BCUT2D eigenvalue weighted by Crippen LogP contribution is -3.14. The quantitative estimate of drug-likeness (QED) is 0.608. The van der Waals surface area contributed by atoms with Crippen LogP contribution in [0.15, 0.2) is 24.3 Å². The van der Waals surface area contributed by atoms with E-state index in [4.69, 9.17) is 4.98 Å². The maximum Gasteiger partial charge on any atom is 0.338 e. The second-order valence-corrected chi connectivity index (χ2v) is 9.09. The number of fused-ring (bicyclic) bond motifs is 1. The van der Waals surface area contributed by atoms with Crippen molar-refractivity contribution in [1.29, 1.82) is 0 Å². The topological polar surface area (TPSA) is 75.0 Å². The van der Waals surface area contributed by atoms with Gasteiger partial charge < -0.3 is 4.90 Å². The summed E-state index contributed by atoms with van der Waals surface area (Å²) in [6.07, 6.45) is 1.93. The van der Waals surface area contributed by atoms with Crippen LogP contribution in [0.2, 0.25) is 0 Å². The first kappa shape index (κ1) is 19.0. The highest BCUT2D eigenvalue weighted by Crippen LogP contribution is 2.31. The Balaban J connectivity index is 1.37. The van der Waals surface area contributed by atoms with Crippen LogP contribution in [0.4, 0.5) is 4.79 Å². The summed E-state index contributed by atoms with van der Waals surface area (Å²) in [5.74, 6) is -0.823. The fraction of sp³-hybridized carbons (Fsp3) is 0.500. The molecule has 0 radical (unpaired) electrons. The third-order valence-electron chi connectivity index (χ3n) is 5.42. The van der Waals surface area contributed by atoms with E-state index in [1.165, 1.54) is 14.6 Å². The molecule has 2 aliphatic rings. The Hall–Kier alpha value is -2.32. The number of nitrogens with zero attached hydrogens (tertiary/aromatic N) is 3. The zero-order chi connectivity index (χ0) is 19.8. The molecule has 2 fully saturated rings. The predicted octanol–water partition coefficient (Wildman–Crippen LogP) is 1.46. The number of benzene rings is 1. The number of rotatable bonds is 5. The molecule has 4 amide bonds. The summed E-state index contributed by atoms with van der Waals surface area (Å²) in [7, 11) is 0. The number of quaternary nitrogens is 1. The van der Waals surface area contributed by atoms with Crippen molar-refractivity contribution in [1.82, 2.24) is 14.8 Å². The first-order chi connectivity index (χ1) is 13.4. The van der Waals surface area contributed by atoms with Crippen molar-refractivity contribution in [3.05, 3.63) is 29.3 Å². The number of amides is 4. The van der Waals surface area contributed by atoms with Crippen LogP contribution in [0.25, 0.3) is 10.2 Å². The van der Waals surface area contributed by atoms with E-state index in [0.29, 0.717) is 5.92 Å². The maximum absolute atomic E-state index is 12.5. The summed E-state index contributed by atoms with van der Waals surface area (Å²) < 4.78 is 1.21. The van der Waals surface area contributed by atoms with Crippen molar-refractivity contribution in [3.8, 4) is 0 Å². The summed E-state index contributed by atoms with van der Waals surface area (Å²) in [6.45, 7) is 6.11. The van der Waals surface area contributed by atoms with Gasteiger partial charge in [-0.2, -0.15) is 0 Å². The number of hydrogen-bond acceptors (Lipinski definition) is 5. The molecule has 1 aromatic carbocycles. The van der Waals surface area contributed by atoms with Gasteiger partial charge in [0.05, 0.1) is 28.3 Å². The van der Waals surface area contributed by atoms with Gasteiger partial charge in [0.25, 0.3) is 0 Å². The van der Waals surface area contributed by atoms with Crippen molar-refractivity contribution in [3.63, 3.8) is 0 Å². The molecule has 0 bridgehead atoms. The van der Waals surface area contributed by atoms with Gasteiger partial charge in [-0.25, -0.2) is 14.7 Å². The fourth-order valence-electron chi connectivity index (χ4n) is 3.94. The van der Waals surface area contributed by atoms with Crippen molar-refractivity contribution in [2.45, 2.75) is 32.6 Å². The number of aromatic nitrogens is 1. The Morgan fingerprint density at radius 2 is 1.79 bits per heavy atom. The van der Waals surface area contributed by atoms with Gasteiger partial charge in [0.1, 0.15) is 0 Å². The number of likely N-dealkylation sites (tertiary alicyclic amines) is 1. The van der Waals surface area contributed by atoms with Gasteiger partial charge in [-0.1, -0.05) is 26.0 Å². The summed E-state index contributed by atoms with van der Waals surface area (Å²) in [5.41, 5.74) is 1.05. The van der Waals surface area contributed by atoms with Crippen molar-refractivity contribution in [2.75, 3.05) is 26.3 Å². The van der Waals surface area contributed by atoms with Gasteiger partial charge in [0, 0.05) is 25.3 Å². The molecule has 7 nitrogen and oxygen atoms in total. The molecule has 0 saturated carbocycles. The molecule has 4 rings (SSSR count). The number of urea groups is 1. The van der Waals surface area contributed by atoms with Crippen LogP contribution < -0.4 is 4.90 Å². The minimum atomic E-state index is -0.692. The lowest BCUT2D eigenvalue weighted by molar-refractivity contribution is -0.912. The molecule has 1 aromatic heterocycles. The number of piperidine rings is 1. The molecule has 2 aromatic rings. The molecule has 2 aliphatic heterocycles. The Morgan fingerprint density at radius 3 is 2.46 bits per heavy atom. The SMILES string of the molecule is CC(C)CN1C(=O)C(=O)N(C[NH+]2CCC(c3nc4ccccc4s3)CC2)C1=O. The summed E-state index contributed by atoms with van der Waals surface area (Å²) in [4.78, 5) is 45.0. The van der Waals surface area contributed by atoms with Crippen molar-refractivity contribution >= 4 is 39.4 Å². The first-order valence-electron chi connectivity index (χ1n) is 9.80. The monoisotopic (exact) mass is 401 g/mol. The third-order valence-corrected chi connectivity index (χ3v) is 6.62. The van der Waals surface area contributed by atoms with Gasteiger partial charge in [-0.3, -0.25) is 14.5 Å². The smallest absolute Gasteiger partial charge is 0.317 e. The molecule has 2 saturated heterocycles. The number of thiazole rings is 1. The number of imide groups is 2. The maximum atomic E-state index is 12.5. The van der Waals surface area contributed by atoms with Gasteiger partial charge >= 0.3 is 17.8 Å². The molecule has 3 heterocycles. The number of carbonyl (C=O) groups excluding carboxylic acids is 3. The third kappa shape index (κ3) is 3.54. The van der Waals surface area contributed by atoms with E-state index in [1.54, 1.807) is 11.3 Å². The van der Waals surface area contributed by atoms with Crippen molar-refractivity contribution in [2.24, 2.45) is 5.92 Å². The Morgan fingerprint density at radius 1 is 1.11 bits per heavy atom. The number of hydrogen-bond donors (Lipinski definition) is 1. The van der Waals surface area contributed by atoms with E-state index in [-0.39, 0.29) is 19.1 Å². The van der Waals surface area contributed by atoms with E-state index in [2.05, 4.69) is 6.07 Å². The van der Waals surface area contributed by atoms with Gasteiger partial charge in [-0.15, -0.1) is 11.3 Å². The Labute approximate surface area is 167 Å². The molecule has 0 aliphatic carbocycles. The van der Waals surface area contributed by atoms with Crippen LogP contribution in [-0.4, -0.2) is 58.9 Å². The van der Waals surface area contributed by atoms with Crippen LogP contribution in [0, 0.1) is 5.92 Å². The molecule has 148 valence electrons. The molecule has 8 heteroatoms. The highest BCUT2D eigenvalue weighted by Gasteiger charge is 2.46.